The van der Waals surface area contributed by atoms with Crippen LogP contribution in [0.5, 0.6) is 0 Å². The first-order chi connectivity index (χ1) is 13.4. The fourth-order valence-electron chi connectivity index (χ4n) is 4.15. The first-order valence-corrected chi connectivity index (χ1v) is 11.7. The zero-order chi connectivity index (χ0) is 20.2. The second-order valence-electron chi connectivity index (χ2n) is 8.35. The number of ether oxygens (including phenoxy) is 2. The number of carbonyl (C=O) groups excluding carboxylic acids is 1. The first-order valence-electron chi connectivity index (χ1n) is 9.83. The summed E-state index contributed by atoms with van der Waals surface area (Å²) in [4.78, 5) is 11.4. The Morgan fingerprint density at radius 2 is 1.50 bits per heavy atom. The predicted octanol–water partition coefficient (Wildman–Crippen LogP) is 3.28. The van der Waals surface area contributed by atoms with Crippen molar-refractivity contribution in [1.29, 1.82) is 0 Å². The monoisotopic (exact) mass is 398 g/mol. The van der Waals surface area contributed by atoms with Gasteiger partial charge in [0.1, 0.15) is 12.4 Å². The maximum atomic E-state index is 11.4. The number of methoxy groups -OCH3 is 1. The maximum Gasteiger partial charge on any atom is 0.261 e. The summed E-state index contributed by atoms with van der Waals surface area (Å²) in [5.74, 6) is 0. The van der Waals surface area contributed by atoms with Gasteiger partial charge in [0.25, 0.3) is 8.32 Å². The van der Waals surface area contributed by atoms with E-state index in [1.54, 1.807) is 7.11 Å². The Morgan fingerprint density at radius 1 is 0.964 bits per heavy atom. The Morgan fingerprint density at radius 3 is 1.93 bits per heavy atom. The van der Waals surface area contributed by atoms with Gasteiger partial charge in [0.05, 0.1) is 6.10 Å². The molecule has 1 heterocycles. The average molecular weight is 399 g/mol. The molecule has 0 spiro atoms. The molecule has 1 aliphatic rings. The molecule has 1 saturated heterocycles. The fraction of sp³-hybridized carbons (Fsp3) is 0.435. The number of aldehydes is 1. The topological polar surface area (TPSA) is 44.8 Å². The number of benzene rings is 2. The van der Waals surface area contributed by atoms with E-state index in [9.17, 15) is 4.79 Å². The van der Waals surface area contributed by atoms with Crippen molar-refractivity contribution in [2.24, 2.45) is 0 Å². The van der Waals surface area contributed by atoms with Crippen molar-refractivity contribution in [3.63, 3.8) is 0 Å². The lowest BCUT2D eigenvalue weighted by Gasteiger charge is -2.46. The fourth-order valence-corrected chi connectivity index (χ4v) is 8.86. The summed E-state index contributed by atoms with van der Waals surface area (Å²) in [6.07, 6.45) is 0.987. The minimum absolute atomic E-state index is 0.104. The predicted molar refractivity (Wildman–Crippen MR) is 113 cm³/mol. The van der Waals surface area contributed by atoms with Crippen molar-refractivity contribution in [3.05, 3.63) is 60.7 Å². The average Bonchev–Trinajstić information content (AvgIpc) is 2.72. The molecular formula is C23H30O4Si. The third-order valence-electron chi connectivity index (χ3n) is 5.45. The zero-order valence-corrected chi connectivity index (χ0v) is 18.1. The Hall–Kier alpha value is -1.79. The molecule has 0 aromatic heterocycles. The van der Waals surface area contributed by atoms with E-state index in [0.29, 0.717) is 12.8 Å². The van der Waals surface area contributed by atoms with Crippen molar-refractivity contribution in [2.45, 2.75) is 57.1 Å². The van der Waals surface area contributed by atoms with E-state index in [-0.39, 0.29) is 11.1 Å². The van der Waals surface area contributed by atoms with Crippen LogP contribution in [0.25, 0.3) is 0 Å². The highest BCUT2D eigenvalue weighted by Crippen LogP contribution is 2.39. The summed E-state index contributed by atoms with van der Waals surface area (Å²) in [7, 11) is -1.04. The third kappa shape index (κ3) is 4.13. The summed E-state index contributed by atoms with van der Waals surface area (Å²) in [5, 5.41) is 2.36. The molecule has 0 aliphatic carbocycles. The molecule has 1 aliphatic heterocycles. The maximum absolute atomic E-state index is 11.4. The number of rotatable bonds is 6. The Kier molecular flexibility index (Phi) is 6.50. The standard InChI is InChI=1S/C23H30O4Si/c1-23(2,3)28(20-11-7-5-8-12-20,21-13-9-6-10-14-21)27-18-15-19(17-24)26-22(16-18)25-4/h5-14,17-19,22H,15-16H2,1-4H3/t18-,19?,22+/m1/s1. The van der Waals surface area contributed by atoms with E-state index < -0.39 is 20.7 Å². The van der Waals surface area contributed by atoms with Gasteiger partial charge < -0.3 is 18.7 Å². The van der Waals surface area contributed by atoms with Crippen LogP contribution >= 0.6 is 0 Å². The molecule has 2 aromatic rings. The van der Waals surface area contributed by atoms with Crippen LogP contribution in [0, 0.1) is 0 Å². The van der Waals surface area contributed by atoms with Crippen molar-refractivity contribution in [1.82, 2.24) is 0 Å². The molecule has 5 heteroatoms. The summed E-state index contributed by atoms with van der Waals surface area (Å²) in [5.41, 5.74) is 0. The van der Waals surface area contributed by atoms with Gasteiger partial charge in [-0.3, -0.25) is 0 Å². The van der Waals surface area contributed by atoms with Crippen LogP contribution in [0.4, 0.5) is 0 Å². The molecule has 28 heavy (non-hydrogen) atoms. The normalized spacial score (nSPS) is 23.4. The Bertz CT molecular complexity index is 718. The molecule has 1 unspecified atom stereocenters. The van der Waals surface area contributed by atoms with Gasteiger partial charge in [-0.1, -0.05) is 81.4 Å². The number of carbonyl (C=O) groups is 1. The summed E-state index contributed by atoms with van der Waals surface area (Å²) in [6, 6.07) is 21.1. The molecule has 0 saturated carbocycles. The van der Waals surface area contributed by atoms with Crippen LogP contribution < -0.4 is 10.4 Å². The van der Waals surface area contributed by atoms with Crippen LogP contribution in [0.3, 0.4) is 0 Å². The molecule has 4 nitrogen and oxygen atoms in total. The zero-order valence-electron chi connectivity index (χ0n) is 17.1. The van der Waals surface area contributed by atoms with E-state index >= 15 is 0 Å². The van der Waals surface area contributed by atoms with Gasteiger partial charge in [-0.2, -0.15) is 0 Å². The van der Waals surface area contributed by atoms with Gasteiger partial charge in [-0.05, 0) is 15.4 Å². The van der Waals surface area contributed by atoms with E-state index in [1.165, 1.54) is 10.4 Å². The van der Waals surface area contributed by atoms with Gasteiger partial charge in [0.2, 0.25) is 0 Å². The minimum Gasteiger partial charge on any atom is -0.404 e. The van der Waals surface area contributed by atoms with E-state index in [0.717, 1.165) is 6.29 Å². The highest BCUT2D eigenvalue weighted by atomic mass is 28.4. The van der Waals surface area contributed by atoms with Gasteiger partial charge in [0, 0.05) is 20.0 Å². The number of hydrogen-bond donors (Lipinski definition) is 0. The molecular weight excluding hydrogens is 368 g/mol. The van der Waals surface area contributed by atoms with Gasteiger partial charge in [-0.15, -0.1) is 0 Å². The lowest BCUT2D eigenvalue weighted by Crippen LogP contribution is -2.68. The second kappa shape index (κ2) is 8.70. The molecule has 0 N–H and O–H groups in total. The lowest BCUT2D eigenvalue weighted by molar-refractivity contribution is -0.197. The quantitative estimate of drug-likeness (QED) is 0.553. The smallest absolute Gasteiger partial charge is 0.261 e. The van der Waals surface area contributed by atoms with Crippen molar-refractivity contribution in [3.8, 4) is 0 Å². The molecule has 0 bridgehead atoms. The molecule has 0 amide bonds. The highest BCUT2D eigenvalue weighted by Gasteiger charge is 2.52. The molecule has 3 rings (SSSR count). The van der Waals surface area contributed by atoms with Gasteiger partial charge >= 0.3 is 0 Å². The van der Waals surface area contributed by atoms with Crippen molar-refractivity contribution < 1.29 is 18.7 Å². The second-order valence-corrected chi connectivity index (χ2v) is 12.6. The van der Waals surface area contributed by atoms with Crippen LogP contribution in [0.15, 0.2) is 60.7 Å². The largest absolute Gasteiger partial charge is 0.404 e. The molecule has 2 aromatic carbocycles. The van der Waals surface area contributed by atoms with E-state index in [4.69, 9.17) is 13.9 Å². The van der Waals surface area contributed by atoms with Gasteiger partial charge in [-0.25, -0.2) is 0 Å². The lowest BCUT2D eigenvalue weighted by atomic mass is 10.1. The highest BCUT2D eigenvalue weighted by molar-refractivity contribution is 6.99. The molecule has 0 radical (unpaired) electrons. The molecule has 150 valence electrons. The van der Waals surface area contributed by atoms with Crippen LogP contribution in [0.2, 0.25) is 5.04 Å². The third-order valence-corrected chi connectivity index (χ3v) is 10.5. The summed E-state index contributed by atoms with van der Waals surface area (Å²) < 4.78 is 18.2. The van der Waals surface area contributed by atoms with Crippen molar-refractivity contribution >= 4 is 25.0 Å². The number of hydrogen-bond acceptors (Lipinski definition) is 4. The van der Waals surface area contributed by atoms with Crippen LogP contribution in [-0.4, -0.2) is 40.2 Å². The van der Waals surface area contributed by atoms with E-state index in [1.807, 2.05) is 12.1 Å². The summed E-state index contributed by atoms with van der Waals surface area (Å²) in [6.45, 7) is 6.76. The minimum atomic E-state index is -2.65. The SMILES string of the molecule is CO[C@@H]1C[C@H](O[Si](c2ccccc2)(c2ccccc2)C(C)(C)C)CC(C=O)O1. The molecule has 3 atom stereocenters. The Balaban J connectivity index is 2.09. The summed E-state index contributed by atoms with van der Waals surface area (Å²) >= 11 is 0. The Labute approximate surface area is 169 Å². The van der Waals surface area contributed by atoms with E-state index in [2.05, 4.69) is 69.3 Å². The van der Waals surface area contributed by atoms with Gasteiger partial charge in [0.15, 0.2) is 6.29 Å². The van der Waals surface area contributed by atoms with Crippen LogP contribution in [-0.2, 0) is 18.7 Å². The molecule has 1 fully saturated rings. The van der Waals surface area contributed by atoms with Crippen LogP contribution in [0.1, 0.15) is 33.6 Å². The van der Waals surface area contributed by atoms with Crippen molar-refractivity contribution in [2.75, 3.05) is 7.11 Å². The first kappa shape index (κ1) is 20.9.